The Kier molecular flexibility index (Phi) is 6.17. The Hall–Kier alpha value is -3.48. The summed E-state index contributed by atoms with van der Waals surface area (Å²) in [7, 11) is 1.86. The van der Waals surface area contributed by atoms with Gasteiger partial charge in [0.25, 0.3) is 0 Å². The largest absolute Gasteiger partial charge is 0.344 e. The number of anilines is 3. The number of carbonyl (C=O) groups excluding carboxylic acids is 1. The highest BCUT2D eigenvalue weighted by molar-refractivity contribution is 5.85. The number of carbonyl (C=O) groups is 1. The maximum Gasteiger partial charge on any atom is 0.245 e. The summed E-state index contributed by atoms with van der Waals surface area (Å²) in [5.41, 5.74) is 1.95. The van der Waals surface area contributed by atoms with Crippen LogP contribution in [0.4, 0.5) is 17.5 Å². The summed E-state index contributed by atoms with van der Waals surface area (Å²) in [5, 5.41) is 3.29. The number of para-hydroxylation sites is 1. The van der Waals surface area contributed by atoms with Gasteiger partial charge in [0.2, 0.25) is 11.9 Å². The first-order chi connectivity index (χ1) is 14.7. The van der Waals surface area contributed by atoms with E-state index in [0.29, 0.717) is 18.3 Å². The quantitative estimate of drug-likeness (QED) is 0.654. The second-order valence-corrected chi connectivity index (χ2v) is 7.42. The highest BCUT2D eigenvalue weighted by Gasteiger charge is 2.34. The molecule has 0 saturated carbocycles. The van der Waals surface area contributed by atoms with Crippen molar-refractivity contribution in [1.29, 1.82) is 0 Å². The Morgan fingerprint density at radius 2 is 1.93 bits per heavy atom. The van der Waals surface area contributed by atoms with E-state index in [1.165, 1.54) is 0 Å². The Balaban J connectivity index is 1.42. The number of hydrogen-bond donors (Lipinski definition) is 1. The van der Waals surface area contributed by atoms with E-state index in [2.05, 4.69) is 20.3 Å². The molecule has 1 aliphatic rings. The van der Waals surface area contributed by atoms with Gasteiger partial charge in [0, 0.05) is 50.3 Å². The van der Waals surface area contributed by atoms with E-state index >= 15 is 0 Å². The molecule has 1 fully saturated rings. The molecule has 1 saturated heterocycles. The van der Waals surface area contributed by atoms with Crippen molar-refractivity contribution in [2.24, 2.45) is 0 Å². The number of amides is 1. The molecule has 7 heteroatoms. The summed E-state index contributed by atoms with van der Waals surface area (Å²) >= 11 is 0. The summed E-state index contributed by atoms with van der Waals surface area (Å²) < 4.78 is 0. The van der Waals surface area contributed by atoms with Gasteiger partial charge in [-0.25, -0.2) is 4.98 Å². The highest BCUT2D eigenvalue weighted by atomic mass is 16.2. The van der Waals surface area contributed by atoms with Crippen LogP contribution in [0.2, 0.25) is 0 Å². The van der Waals surface area contributed by atoms with Crippen LogP contribution in [-0.2, 0) is 11.2 Å². The van der Waals surface area contributed by atoms with Crippen LogP contribution < -0.4 is 10.2 Å². The second kappa shape index (κ2) is 9.35. The third kappa shape index (κ3) is 4.74. The Bertz CT molecular complexity index is 966. The monoisotopic (exact) mass is 402 g/mol. The van der Waals surface area contributed by atoms with Crippen molar-refractivity contribution in [3.63, 3.8) is 0 Å². The predicted octanol–water partition coefficient (Wildman–Crippen LogP) is 3.29. The van der Waals surface area contributed by atoms with Crippen molar-refractivity contribution in [3.05, 3.63) is 72.7 Å². The van der Waals surface area contributed by atoms with Gasteiger partial charge in [-0.05, 0) is 43.2 Å². The van der Waals surface area contributed by atoms with E-state index in [1.807, 2.05) is 66.5 Å². The van der Waals surface area contributed by atoms with E-state index < -0.39 is 0 Å². The van der Waals surface area contributed by atoms with Gasteiger partial charge in [0.1, 0.15) is 11.9 Å². The predicted molar refractivity (Wildman–Crippen MR) is 118 cm³/mol. The van der Waals surface area contributed by atoms with Crippen molar-refractivity contribution in [1.82, 2.24) is 19.9 Å². The second-order valence-electron chi connectivity index (χ2n) is 7.42. The minimum absolute atomic E-state index is 0.105. The molecule has 0 unspecified atom stereocenters. The van der Waals surface area contributed by atoms with Crippen molar-refractivity contribution < 1.29 is 4.79 Å². The third-order valence-corrected chi connectivity index (χ3v) is 5.29. The van der Waals surface area contributed by atoms with Gasteiger partial charge in [-0.2, -0.15) is 4.98 Å². The fourth-order valence-electron chi connectivity index (χ4n) is 3.68. The lowest BCUT2D eigenvalue weighted by Gasteiger charge is -2.28. The lowest BCUT2D eigenvalue weighted by Crippen LogP contribution is -2.45. The minimum atomic E-state index is -0.231. The molecule has 30 heavy (non-hydrogen) atoms. The molecule has 1 amide bonds. The summed E-state index contributed by atoms with van der Waals surface area (Å²) in [6.07, 6.45) is 6.02. The summed E-state index contributed by atoms with van der Waals surface area (Å²) in [6.45, 7) is 1.41. The first-order valence-corrected chi connectivity index (χ1v) is 10.3. The van der Waals surface area contributed by atoms with Crippen LogP contribution in [0.5, 0.6) is 0 Å². The molecule has 154 valence electrons. The van der Waals surface area contributed by atoms with Crippen LogP contribution in [-0.4, -0.2) is 51.9 Å². The summed E-state index contributed by atoms with van der Waals surface area (Å²) in [6, 6.07) is 17.3. The zero-order chi connectivity index (χ0) is 20.8. The molecule has 1 N–H and O–H groups in total. The van der Waals surface area contributed by atoms with Crippen molar-refractivity contribution in [3.8, 4) is 0 Å². The molecule has 1 aliphatic heterocycles. The minimum Gasteiger partial charge on any atom is -0.344 e. The molecule has 0 aliphatic carbocycles. The SMILES string of the molecule is CN(CCc1ccccn1)C(=O)[C@@H]1CCCN1c1nccc(Nc2ccccc2)n1. The molecule has 2 aromatic heterocycles. The van der Waals surface area contributed by atoms with Gasteiger partial charge < -0.3 is 15.1 Å². The van der Waals surface area contributed by atoms with E-state index in [1.54, 1.807) is 17.3 Å². The maximum absolute atomic E-state index is 13.1. The van der Waals surface area contributed by atoms with Crippen LogP contribution in [0.3, 0.4) is 0 Å². The molecule has 3 heterocycles. The fraction of sp³-hybridized carbons (Fsp3) is 0.304. The molecule has 0 bridgehead atoms. The molecule has 7 nitrogen and oxygen atoms in total. The average molecular weight is 403 g/mol. The number of hydrogen-bond acceptors (Lipinski definition) is 6. The standard InChI is InChI=1S/C23H26N6O/c1-28(17-13-18-8-5-6-14-24-18)22(30)20-11-7-16-29(20)23-25-15-12-21(27-23)26-19-9-3-2-4-10-19/h2-6,8-10,12,14-15,20H,7,11,13,16-17H2,1H3,(H,25,26,27)/t20-/m0/s1. The number of aromatic nitrogens is 3. The zero-order valence-electron chi connectivity index (χ0n) is 17.1. The van der Waals surface area contributed by atoms with Crippen LogP contribution in [0.15, 0.2) is 67.0 Å². The first kappa shape index (κ1) is 19.8. The van der Waals surface area contributed by atoms with Crippen LogP contribution in [0.1, 0.15) is 18.5 Å². The van der Waals surface area contributed by atoms with E-state index in [9.17, 15) is 4.79 Å². The van der Waals surface area contributed by atoms with E-state index in [-0.39, 0.29) is 11.9 Å². The van der Waals surface area contributed by atoms with Gasteiger partial charge in [-0.15, -0.1) is 0 Å². The normalized spacial score (nSPS) is 15.8. The molecule has 1 aromatic carbocycles. The average Bonchev–Trinajstić information content (AvgIpc) is 3.28. The van der Waals surface area contributed by atoms with Gasteiger partial charge in [0.05, 0.1) is 0 Å². The smallest absolute Gasteiger partial charge is 0.245 e. The number of rotatable bonds is 7. The summed E-state index contributed by atoms with van der Waals surface area (Å²) in [4.78, 5) is 30.4. The van der Waals surface area contributed by atoms with Crippen LogP contribution in [0.25, 0.3) is 0 Å². The number of pyridine rings is 1. The fourth-order valence-corrected chi connectivity index (χ4v) is 3.68. The molecule has 3 aromatic rings. The Labute approximate surface area is 176 Å². The van der Waals surface area contributed by atoms with Gasteiger partial charge in [-0.1, -0.05) is 24.3 Å². The van der Waals surface area contributed by atoms with Gasteiger partial charge >= 0.3 is 0 Å². The Morgan fingerprint density at radius 1 is 1.10 bits per heavy atom. The molecular formula is C23H26N6O. The van der Waals surface area contributed by atoms with E-state index in [0.717, 1.165) is 37.2 Å². The summed E-state index contributed by atoms with van der Waals surface area (Å²) in [5.74, 6) is 1.41. The topological polar surface area (TPSA) is 74.2 Å². The zero-order valence-corrected chi connectivity index (χ0v) is 17.1. The molecule has 0 radical (unpaired) electrons. The van der Waals surface area contributed by atoms with Gasteiger partial charge in [0.15, 0.2) is 0 Å². The number of nitrogens with one attached hydrogen (secondary N) is 1. The third-order valence-electron chi connectivity index (χ3n) is 5.29. The molecule has 0 spiro atoms. The van der Waals surface area contributed by atoms with E-state index in [4.69, 9.17) is 0 Å². The van der Waals surface area contributed by atoms with Crippen molar-refractivity contribution in [2.75, 3.05) is 30.4 Å². The lowest BCUT2D eigenvalue weighted by atomic mass is 10.2. The molecule has 1 atom stereocenters. The van der Waals surface area contributed by atoms with Crippen molar-refractivity contribution in [2.45, 2.75) is 25.3 Å². The van der Waals surface area contributed by atoms with Crippen LogP contribution >= 0.6 is 0 Å². The first-order valence-electron chi connectivity index (χ1n) is 10.3. The number of nitrogens with zero attached hydrogens (tertiary/aromatic N) is 5. The van der Waals surface area contributed by atoms with Crippen LogP contribution in [0, 0.1) is 0 Å². The number of likely N-dealkylation sites (N-methyl/N-ethyl adjacent to an activating group) is 1. The van der Waals surface area contributed by atoms with Gasteiger partial charge in [-0.3, -0.25) is 9.78 Å². The Morgan fingerprint density at radius 3 is 2.73 bits per heavy atom. The highest BCUT2D eigenvalue weighted by Crippen LogP contribution is 2.25. The molecular weight excluding hydrogens is 376 g/mol. The molecule has 4 rings (SSSR count). The number of benzene rings is 1. The van der Waals surface area contributed by atoms with Crippen molar-refractivity contribution >= 4 is 23.4 Å². The lowest BCUT2D eigenvalue weighted by molar-refractivity contribution is -0.131. The maximum atomic E-state index is 13.1.